The lowest BCUT2D eigenvalue weighted by molar-refractivity contribution is 0.233. The number of nitrogens with one attached hydrogen (secondary N) is 1. The number of halogens is 1. The van der Waals surface area contributed by atoms with E-state index in [0.717, 1.165) is 0 Å². The van der Waals surface area contributed by atoms with Crippen LogP contribution in [0.2, 0.25) is 5.02 Å². The Bertz CT molecular complexity index is 297. The van der Waals surface area contributed by atoms with Crippen molar-refractivity contribution in [3.63, 3.8) is 0 Å². The van der Waals surface area contributed by atoms with Gasteiger partial charge in [0.25, 0.3) is 0 Å². The molecule has 0 aliphatic rings. The van der Waals surface area contributed by atoms with E-state index in [4.69, 9.17) is 16.7 Å². The van der Waals surface area contributed by atoms with Crippen molar-refractivity contribution in [2.24, 2.45) is 5.92 Å². The predicted octanol–water partition coefficient (Wildman–Crippen LogP) is 1.76. The average Bonchev–Trinajstić information content (AvgIpc) is 2.22. The Kier molecular flexibility index (Phi) is 4.88. The lowest BCUT2D eigenvalue weighted by Crippen LogP contribution is -2.22. The highest BCUT2D eigenvalue weighted by atomic mass is 35.5. The molecule has 0 spiro atoms. The molecule has 0 aliphatic carbocycles. The van der Waals surface area contributed by atoms with Gasteiger partial charge in [-0.1, -0.05) is 24.6 Å². The first-order valence-electron chi connectivity index (χ1n) is 4.93. The molecule has 3 N–H and O–H groups in total. The van der Waals surface area contributed by atoms with Gasteiger partial charge in [0.1, 0.15) is 5.75 Å². The second-order valence-electron chi connectivity index (χ2n) is 3.66. The first-order chi connectivity index (χ1) is 7.15. The number of rotatable bonds is 5. The molecule has 0 amide bonds. The largest absolute Gasteiger partial charge is 0.508 e. The minimum Gasteiger partial charge on any atom is -0.508 e. The van der Waals surface area contributed by atoms with Gasteiger partial charge in [-0.05, 0) is 18.1 Å². The van der Waals surface area contributed by atoms with Crippen molar-refractivity contribution in [1.82, 2.24) is 5.32 Å². The summed E-state index contributed by atoms with van der Waals surface area (Å²) in [7, 11) is 0. The third kappa shape index (κ3) is 3.70. The average molecular weight is 230 g/mol. The number of hydrogen-bond acceptors (Lipinski definition) is 3. The van der Waals surface area contributed by atoms with Crippen molar-refractivity contribution in [3.8, 4) is 5.75 Å². The molecule has 0 fully saturated rings. The molecule has 0 radical (unpaired) electrons. The zero-order chi connectivity index (χ0) is 11.3. The van der Waals surface area contributed by atoms with Crippen LogP contribution in [0, 0.1) is 5.92 Å². The summed E-state index contributed by atoms with van der Waals surface area (Å²) in [6.07, 6.45) is 0. The first-order valence-corrected chi connectivity index (χ1v) is 5.31. The van der Waals surface area contributed by atoms with Crippen LogP contribution in [0.5, 0.6) is 5.75 Å². The smallest absolute Gasteiger partial charge is 0.121 e. The maximum absolute atomic E-state index is 9.54. The van der Waals surface area contributed by atoms with Crippen LogP contribution < -0.4 is 5.32 Å². The lowest BCUT2D eigenvalue weighted by Gasteiger charge is -2.11. The molecule has 0 aliphatic heterocycles. The van der Waals surface area contributed by atoms with E-state index in [1.807, 2.05) is 6.92 Å². The molecule has 1 aromatic rings. The Labute approximate surface area is 94.7 Å². The Balaban J connectivity index is 2.50. The maximum atomic E-state index is 9.54. The molecular formula is C11H16ClNO2. The van der Waals surface area contributed by atoms with Crippen molar-refractivity contribution in [2.45, 2.75) is 13.5 Å². The van der Waals surface area contributed by atoms with Crippen LogP contribution in [0.4, 0.5) is 0 Å². The number of aliphatic hydroxyl groups is 1. The summed E-state index contributed by atoms with van der Waals surface area (Å²) in [5, 5.41) is 22.1. The van der Waals surface area contributed by atoms with E-state index in [1.165, 1.54) is 0 Å². The van der Waals surface area contributed by atoms with Crippen LogP contribution in [0.15, 0.2) is 18.2 Å². The SMILES string of the molecule is CC(CO)CNCc1c(O)cccc1Cl. The zero-order valence-electron chi connectivity index (χ0n) is 8.70. The van der Waals surface area contributed by atoms with E-state index in [-0.39, 0.29) is 18.3 Å². The van der Waals surface area contributed by atoms with Crippen molar-refractivity contribution < 1.29 is 10.2 Å². The fraction of sp³-hybridized carbons (Fsp3) is 0.455. The number of phenolic OH excluding ortho intramolecular Hbond substituents is 1. The third-order valence-electron chi connectivity index (χ3n) is 2.20. The molecule has 0 saturated heterocycles. The van der Waals surface area contributed by atoms with Crippen molar-refractivity contribution in [3.05, 3.63) is 28.8 Å². The van der Waals surface area contributed by atoms with Crippen molar-refractivity contribution >= 4 is 11.6 Å². The van der Waals surface area contributed by atoms with Crippen LogP contribution in [-0.4, -0.2) is 23.4 Å². The van der Waals surface area contributed by atoms with Crippen LogP contribution >= 0.6 is 11.6 Å². The van der Waals surface area contributed by atoms with Gasteiger partial charge in [0.2, 0.25) is 0 Å². The maximum Gasteiger partial charge on any atom is 0.121 e. The Morgan fingerprint density at radius 3 is 2.80 bits per heavy atom. The highest BCUT2D eigenvalue weighted by Gasteiger charge is 2.06. The summed E-state index contributed by atoms with van der Waals surface area (Å²) < 4.78 is 0. The van der Waals surface area contributed by atoms with Crippen LogP contribution in [0.25, 0.3) is 0 Å². The number of aliphatic hydroxyl groups excluding tert-OH is 1. The fourth-order valence-electron chi connectivity index (χ4n) is 1.23. The lowest BCUT2D eigenvalue weighted by atomic mass is 10.1. The van der Waals surface area contributed by atoms with Gasteiger partial charge in [0.15, 0.2) is 0 Å². The summed E-state index contributed by atoms with van der Waals surface area (Å²) in [4.78, 5) is 0. The quantitative estimate of drug-likeness (QED) is 0.721. The van der Waals surface area contributed by atoms with Crippen molar-refractivity contribution in [1.29, 1.82) is 0 Å². The molecule has 84 valence electrons. The molecule has 1 unspecified atom stereocenters. The van der Waals surface area contributed by atoms with Gasteiger partial charge < -0.3 is 15.5 Å². The van der Waals surface area contributed by atoms with Gasteiger partial charge in [-0.25, -0.2) is 0 Å². The van der Waals surface area contributed by atoms with E-state index in [2.05, 4.69) is 5.32 Å². The second-order valence-corrected chi connectivity index (χ2v) is 4.06. The van der Waals surface area contributed by atoms with E-state index >= 15 is 0 Å². The molecule has 4 heteroatoms. The van der Waals surface area contributed by atoms with E-state index < -0.39 is 0 Å². The van der Waals surface area contributed by atoms with E-state index in [0.29, 0.717) is 23.7 Å². The third-order valence-corrected chi connectivity index (χ3v) is 2.55. The second kappa shape index (κ2) is 5.95. The Morgan fingerprint density at radius 1 is 1.47 bits per heavy atom. The minimum absolute atomic E-state index is 0.154. The van der Waals surface area contributed by atoms with Gasteiger partial charge in [0.05, 0.1) is 0 Å². The molecule has 0 bridgehead atoms. The molecule has 1 atom stereocenters. The summed E-state index contributed by atoms with van der Waals surface area (Å²) in [6, 6.07) is 5.06. The molecule has 3 nitrogen and oxygen atoms in total. The Hall–Kier alpha value is -0.770. The molecular weight excluding hydrogens is 214 g/mol. The summed E-state index contributed by atoms with van der Waals surface area (Å²) >= 11 is 5.93. The van der Waals surface area contributed by atoms with Gasteiger partial charge in [-0.15, -0.1) is 0 Å². The standard InChI is InChI=1S/C11H16ClNO2/c1-8(7-14)5-13-6-9-10(12)3-2-4-11(9)15/h2-4,8,13-15H,5-7H2,1H3. The molecule has 0 saturated carbocycles. The minimum atomic E-state index is 0.154. The van der Waals surface area contributed by atoms with Crippen molar-refractivity contribution in [2.75, 3.05) is 13.2 Å². The van der Waals surface area contributed by atoms with Crippen LogP contribution in [-0.2, 0) is 6.54 Å². The predicted molar refractivity (Wildman–Crippen MR) is 61.1 cm³/mol. The van der Waals surface area contributed by atoms with E-state index in [9.17, 15) is 5.11 Å². The number of phenols is 1. The monoisotopic (exact) mass is 229 g/mol. The fourth-order valence-corrected chi connectivity index (χ4v) is 1.47. The van der Waals surface area contributed by atoms with Gasteiger partial charge in [-0.2, -0.15) is 0 Å². The number of hydrogen-bond donors (Lipinski definition) is 3. The normalized spacial score (nSPS) is 12.7. The van der Waals surface area contributed by atoms with Gasteiger partial charge >= 0.3 is 0 Å². The molecule has 15 heavy (non-hydrogen) atoms. The van der Waals surface area contributed by atoms with Gasteiger partial charge in [0, 0.05) is 30.3 Å². The summed E-state index contributed by atoms with van der Waals surface area (Å²) in [5.41, 5.74) is 0.698. The highest BCUT2D eigenvalue weighted by molar-refractivity contribution is 6.31. The van der Waals surface area contributed by atoms with Gasteiger partial charge in [-0.3, -0.25) is 0 Å². The van der Waals surface area contributed by atoms with E-state index in [1.54, 1.807) is 18.2 Å². The van der Waals surface area contributed by atoms with Crippen LogP contribution in [0.1, 0.15) is 12.5 Å². The summed E-state index contributed by atoms with van der Waals surface area (Å²) in [6.45, 7) is 3.30. The molecule has 0 aromatic heterocycles. The Morgan fingerprint density at radius 2 is 2.20 bits per heavy atom. The number of aromatic hydroxyl groups is 1. The molecule has 0 heterocycles. The highest BCUT2D eigenvalue weighted by Crippen LogP contribution is 2.24. The zero-order valence-corrected chi connectivity index (χ0v) is 9.46. The first kappa shape index (κ1) is 12.3. The number of benzene rings is 1. The molecule has 1 aromatic carbocycles. The summed E-state index contributed by atoms with van der Waals surface area (Å²) in [5.74, 6) is 0.404. The molecule has 1 rings (SSSR count). The topological polar surface area (TPSA) is 52.5 Å². The van der Waals surface area contributed by atoms with Crippen LogP contribution in [0.3, 0.4) is 0 Å².